The van der Waals surface area contributed by atoms with E-state index in [2.05, 4.69) is 0 Å². The monoisotopic (exact) mass is 340 g/mol. The van der Waals surface area contributed by atoms with Gasteiger partial charge in [-0.05, 0) is 23.8 Å². The van der Waals surface area contributed by atoms with Crippen LogP contribution in [0.3, 0.4) is 0 Å². The first-order valence-corrected chi connectivity index (χ1v) is 8.19. The van der Waals surface area contributed by atoms with E-state index in [1.54, 1.807) is 18.2 Å². The predicted octanol–water partition coefficient (Wildman–Crippen LogP) is 1.22. The Kier molecular flexibility index (Phi) is 4.01. The summed E-state index contributed by atoms with van der Waals surface area (Å²) in [5, 5.41) is 9.67. The number of rotatable bonds is 3. The van der Waals surface area contributed by atoms with Crippen molar-refractivity contribution in [2.75, 3.05) is 23.1 Å². The third-order valence-electron chi connectivity index (χ3n) is 3.76. The van der Waals surface area contributed by atoms with Crippen LogP contribution in [0.4, 0.5) is 5.69 Å². The topological polar surface area (TPSA) is 77.9 Å². The molecule has 0 bridgehead atoms. The first-order valence-electron chi connectivity index (χ1n) is 6.66. The number of aliphatic carboxylic acids is 1. The summed E-state index contributed by atoms with van der Waals surface area (Å²) in [6, 6.07) is 4.27. The number of halogens is 1. The second-order valence-corrected chi connectivity index (χ2v) is 6.58. The van der Waals surface area contributed by atoms with Crippen LogP contribution in [-0.2, 0) is 20.8 Å². The number of amides is 2. The number of hydrogen-bond donors (Lipinski definition) is 1. The lowest BCUT2D eigenvalue weighted by molar-refractivity contribution is -0.147. The zero-order chi connectivity index (χ0) is 15.9. The molecular weight excluding hydrogens is 328 g/mol. The van der Waals surface area contributed by atoms with Gasteiger partial charge >= 0.3 is 5.97 Å². The number of hydrogen-bond acceptors (Lipinski definition) is 4. The molecule has 0 saturated carbocycles. The molecule has 0 aromatic heterocycles. The molecule has 6 nitrogen and oxygen atoms in total. The van der Waals surface area contributed by atoms with E-state index < -0.39 is 12.0 Å². The Labute approximate surface area is 136 Å². The second-order valence-electron chi connectivity index (χ2n) is 5.15. The predicted molar refractivity (Wildman–Crippen MR) is 83.1 cm³/mol. The minimum atomic E-state index is -1.02. The molecule has 2 amide bonds. The molecule has 8 heteroatoms. The molecule has 0 spiro atoms. The SMILES string of the molecule is O=C(O)C1CSCN1C(=O)CN1C(=O)Cc2cc(Cl)ccc21. The van der Waals surface area contributed by atoms with Gasteiger partial charge in [0.15, 0.2) is 0 Å². The minimum absolute atomic E-state index is 0.141. The summed E-state index contributed by atoms with van der Waals surface area (Å²) in [5.41, 5.74) is 1.46. The Morgan fingerprint density at radius 2 is 2.18 bits per heavy atom. The summed E-state index contributed by atoms with van der Waals surface area (Å²) >= 11 is 7.31. The lowest BCUT2D eigenvalue weighted by Crippen LogP contribution is -2.47. The van der Waals surface area contributed by atoms with Crippen molar-refractivity contribution in [3.8, 4) is 0 Å². The van der Waals surface area contributed by atoms with Gasteiger partial charge in [0, 0.05) is 16.5 Å². The van der Waals surface area contributed by atoms with Crippen molar-refractivity contribution in [3.63, 3.8) is 0 Å². The van der Waals surface area contributed by atoms with Crippen LogP contribution in [0.25, 0.3) is 0 Å². The number of carboxylic acid groups (broad SMARTS) is 1. The Morgan fingerprint density at radius 3 is 2.91 bits per heavy atom. The number of benzene rings is 1. The number of nitrogens with zero attached hydrogens (tertiary/aromatic N) is 2. The van der Waals surface area contributed by atoms with E-state index in [1.165, 1.54) is 21.6 Å². The number of carbonyl (C=O) groups excluding carboxylic acids is 2. The average Bonchev–Trinajstić information content (AvgIpc) is 3.04. The van der Waals surface area contributed by atoms with Crippen LogP contribution in [0.2, 0.25) is 5.02 Å². The average molecular weight is 341 g/mol. The Morgan fingerprint density at radius 1 is 1.41 bits per heavy atom. The fourth-order valence-electron chi connectivity index (χ4n) is 2.64. The van der Waals surface area contributed by atoms with E-state index in [9.17, 15) is 14.4 Å². The molecule has 116 valence electrons. The van der Waals surface area contributed by atoms with E-state index in [4.69, 9.17) is 16.7 Å². The highest BCUT2D eigenvalue weighted by Crippen LogP contribution is 2.31. The highest BCUT2D eigenvalue weighted by Gasteiger charge is 2.37. The molecule has 1 aromatic carbocycles. The van der Waals surface area contributed by atoms with Crippen molar-refractivity contribution >= 4 is 46.8 Å². The summed E-state index contributed by atoms with van der Waals surface area (Å²) in [6.07, 6.45) is 0.209. The summed E-state index contributed by atoms with van der Waals surface area (Å²) in [4.78, 5) is 38.3. The number of carboxylic acids is 1. The molecule has 2 aliphatic heterocycles. The fraction of sp³-hybridized carbons (Fsp3) is 0.357. The molecule has 3 rings (SSSR count). The maximum atomic E-state index is 12.4. The van der Waals surface area contributed by atoms with Crippen LogP contribution in [0.1, 0.15) is 5.56 Å². The molecule has 1 saturated heterocycles. The largest absolute Gasteiger partial charge is 0.480 e. The van der Waals surface area contributed by atoms with Gasteiger partial charge in [-0.15, -0.1) is 11.8 Å². The standard InChI is InChI=1S/C14H13ClN2O4S/c15-9-1-2-10-8(3-9)4-12(18)16(10)5-13(19)17-7-22-6-11(17)14(20)21/h1-3,11H,4-7H2,(H,20,21). The van der Waals surface area contributed by atoms with Crippen molar-refractivity contribution in [2.45, 2.75) is 12.5 Å². The maximum Gasteiger partial charge on any atom is 0.327 e. The highest BCUT2D eigenvalue weighted by molar-refractivity contribution is 7.99. The third-order valence-corrected chi connectivity index (χ3v) is 5.00. The Hall–Kier alpha value is -1.73. The van der Waals surface area contributed by atoms with Gasteiger partial charge in [0.2, 0.25) is 11.8 Å². The van der Waals surface area contributed by atoms with Crippen molar-refractivity contribution in [1.29, 1.82) is 0 Å². The first kappa shape index (κ1) is 15.2. The van der Waals surface area contributed by atoms with Crippen molar-refractivity contribution < 1.29 is 19.5 Å². The number of anilines is 1. The molecular formula is C14H13ClN2O4S. The van der Waals surface area contributed by atoms with Crippen LogP contribution < -0.4 is 4.90 Å². The lowest BCUT2D eigenvalue weighted by Gasteiger charge is -2.24. The molecule has 22 heavy (non-hydrogen) atoms. The zero-order valence-electron chi connectivity index (χ0n) is 11.5. The van der Waals surface area contributed by atoms with Gasteiger partial charge in [-0.1, -0.05) is 11.6 Å². The fourth-order valence-corrected chi connectivity index (χ4v) is 4.01. The van der Waals surface area contributed by atoms with Crippen LogP contribution in [0.15, 0.2) is 18.2 Å². The van der Waals surface area contributed by atoms with Crippen LogP contribution in [-0.4, -0.2) is 52.0 Å². The Bertz CT molecular complexity index is 666. The quantitative estimate of drug-likeness (QED) is 0.895. The van der Waals surface area contributed by atoms with Crippen LogP contribution in [0, 0.1) is 0 Å². The van der Waals surface area contributed by atoms with Crippen LogP contribution >= 0.6 is 23.4 Å². The van der Waals surface area contributed by atoms with Gasteiger partial charge in [-0.25, -0.2) is 4.79 Å². The maximum absolute atomic E-state index is 12.4. The van der Waals surface area contributed by atoms with Crippen molar-refractivity contribution in [3.05, 3.63) is 28.8 Å². The van der Waals surface area contributed by atoms with E-state index in [0.717, 1.165) is 5.56 Å². The lowest BCUT2D eigenvalue weighted by atomic mass is 10.2. The zero-order valence-corrected chi connectivity index (χ0v) is 13.1. The summed E-state index contributed by atoms with van der Waals surface area (Å²) in [6.45, 7) is -0.141. The van der Waals surface area contributed by atoms with Gasteiger partial charge in [0.25, 0.3) is 0 Å². The third kappa shape index (κ3) is 2.66. The van der Waals surface area contributed by atoms with Crippen LogP contribution in [0.5, 0.6) is 0 Å². The molecule has 0 aliphatic carbocycles. The van der Waals surface area contributed by atoms with Gasteiger partial charge in [0.05, 0.1) is 12.3 Å². The van der Waals surface area contributed by atoms with Gasteiger partial charge < -0.3 is 14.9 Å². The molecule has 0 radical (unpaired) electrons. The normalized spacial score (nSPS) is 20.4. The second kappa shape index (κ2) is 5.81. The molecule has 1 aromatic rings. The summed E-state index contributed by atoms with van der Waals surface area (Å²) in [7, 11) is 0. The highest BCUT2D eigenvalue weighted by atomic mass is 35.5. The number of thioether (sulfide) groups is 1. The molecule has 1 fully saturated rings. The summed E-state index contributed by atoms with van der Waals surface area (Å²) < 4.78 is 0. The van der Waals surface area contributed by atoms with Gasteiger partial charge in [-0.2, -0.15) is 0 Å². The molecule has 1 N–H and O–H groups in total. The molecule has 1 atom stereocenters. The molecule has 2 heterocycles. The minimum Gasteiger partial charge on any atom is -0.480 e. The molecule has 1 unspecified atom stereocenters. The van der Waals surface area contributed by atoms with E-state index in [-0.39, 0.29) is 24.8 Å². The van der Waals surface area contributed by atoms with E-state index in [1.807, 2.05) is 0 Å². The van der Waals surface area contributed by atoms with E-state index in [0.29, 0.717) is 22.3 Å². The Balaban J connectivity index is 1.78. The van der Waals surface area contributed by atoms with Gasteiger partial charge in [0.1, 0.15) is 12.6 Å². The van der Waals surface area contributed by atoms with Gasteiger partial charge in [-0.3, -0.25) is 9.59 Å². The van der Waals surface area contributed by atoms with E-state index >= 15 is 0 Å². The molecule has 2 aliphatic rings. The summed E-state index contributed by atoms with van der Waals surface area (Å²) in [5.74, 6) is -0.830. The smallest absolute Gasteiger partial charge is 0.327 e. The van der Waals surface area contributed by atoms with Crippen molar-refractivity contribution in [1.82, 2.24) is 4.90 Å². The first-order chi connectivity index (χ1) is 10.5. The number of fused-ring (bicyclic) bond motifs is 1. The van der Waals surface area contributed by atoms with Crippen molar-refractivity contribution in [2.24, 2.45) is 0 Å². The number of carbonyl (C=O) groups is 3.